The number of carbonyl (C=O) groups is 1. The predicted molar refractivity (Wildman–Crippen MR) is 108 cm³/mol. The van der Waals surface area contributed by atoms with Gasteiger partial charge in [-0.05, 0) is 35.1 Å². The van der Waals surface area contributed by atoms with E-state index < -0.39 is 0 Å². The fraction of sp³-hybridized carbons (Fsp3) is 0.261. The number of nitrogens with one attached hydrogen (secondary N) is 1. The summed E-state index contributed by atoms with van der Waals surface area (Å²) < 4.78 is 1.96. The number of carbonyl (C=O) groups excluding carboxylic acids is 1. The molecule has 0 unspecified atom stereocenters. The molecule has 4 nitrogen and oxygen atoms in total. The normalized spacial score (nSPS) is 13.6. The summed E-state index contributed by atoms with van der Waals surface area (Å²) >= 11 is 0. The maximum absolute atomic E-state index is 12.1. The molecule has 0 radical (unpaired) electrons. The summed E-state index contributed by atoms with van der Waals surface area (Å²) in [5.74, 6) is 6.24. The number of para-hydroxylation sites is 1. The first-order valence-electron chi connectivity index (χ1n) is 9.35. The number of nitrogens with zero attached hydrogens (tertiary/aromatic N) is 2. The first-order valence-corrected chi connectivity index (χ1v) is 9.35. The topological polar surface area (TPSA) is 37.3 Å². The molecule has 0 saturated heterocycles. The Morgan fingerprint density at radius 2 is 1.81 bits per heavy atom. The molecular weight excluding hydrogens is 334 g/mol. The summed E-state index contributed by atoms with van der Waals surface area (Å²) in [6.45, 7) is 3.45. The molecule has 27 heavy (non-hydrogen) atoms. The molecule has 0 fully saturated rings. The number of hydrogen-bond acceptors (Lipinski definition) is 2. The van der Waals surface area contributed by atoms with Crippen molar-refractivity contribution >= 4 is 16.8 Å². The second kappa shape index (κ2) is 8.11. The van der Waals surface area contributed by atoms with Gasteiger partial charge >= 0.3 is 0 Å². The average molecular weight is 357 g/mol. The van der Waals surface area contributed by atoms with Crippen molar-refractivity contribution in [2.45, 2.75) is 19.5 Å². The zero-order chi connectivity index (χ0) is 18.5. The second-order valence-corrected chi connectivity index (χ2v) is 6.86. The molecule has 0 atom stereocenters. The largest absolute Gasteiger partial charge is 0.344 e. The fourth-order valence-electron chi connectivity index (χ4n) is 3.55. The van der Waals surface area contributed by atoms with Crippen LogP contribution < -0.4 is 5.32 Å². The van der Waals surface area contributed by atoms with Gasteiger partial charge in [-0.15, -0.1) is 0 Å². The smallest absolute Gasteiger partial charge is 0.240 e. The molecule has 3 aromatic rings. The van der Waals surface area contributed by atoms with Crippen LogP contribution in [0.4, 0.5) is 0 Å². The molecule has 4 heteroatoms. The highest BCUT2D eigenvalue weighted by atomic mass is 16.1. The van der Waals surface area contributed by atoms with Gasteiger partial charge in [-0.2, -0.15) is 0 Å². The van der Waals surface area contributed by atoms with Gasteiger partial charge in [0.25, 0.3) is 0 Å². The van der Waals surface area contributed by atoms with E-state index in [2.05, 4.69) is 46.3 Å². The highest BCUT2D eigenvalue weighted by Gasteiger charge is 2.14. The molecule has 136 valence electrons. The second-order valence-electron chi connectivity index (χ2n) is 6.86. The third-order valence-electron chi connectivity index (χ3n) is 5.01. The van der Waals surface area contributed by atoms with Crippen LogP contribution in [0, 0.1) is 11.8 Å². The summed E-state index contributed by atoms with van der Waals surface area (Å²) in [5, 5.41) is 4.03. The number of amides is 1. The summed E-state index contributed by atoms with van der Waals surface area (Å²) in [6, 6.07) is 18.7. The summed E-state index contributed by atoms with van der Waals surface area (Å²) in [5.41, 5.74) is 3.92. The third kappa shape index (κ3) is 4.21. The fourth-order valence-corrected chi connectivity index (χ4v) is 3.55. The average Bonchev–Trinajstić information content (AvgIpc) is 3.10. The van der Waals surface area contributed by atoms with Crippen LogP contribution in [0.25, 0.3) is 10.9 Å². The molecule has 1 aromatic heterocycles. The SMILES string of the molecule is O=C(Cn1ccc2ccccc21)NCC#CCN1CCc2ccccc2C1. The molecular formula is C23H23N3O. The van der Waals surface area contributed by atoms with Crippen LogP contribution in [0.15, 0.2) is 60.8 Å². The van der Waals surface area contributed by atoms with Crippen molar-refractivity contribution in [2.24, 2.45) is 0 Å². The Bertz CT molecular complexity index is 1010. The van der Waals surface area contributed by atoms with Crippen LogP contribution in [-0.4, -0.2) is 35.0 Å². The molecule has 4 rings (SSSR count). The molecule has 2 aromatic carbocycles. The van der Waals surface area contributed by atoms with Crippen molar-refractivity contribution in [2.75, 3.05) is 19.6 Å². The van der Waals surface area contributed by atoms with Crippen LogP contribution in [0.1, 0.15) is 11.1 Å². The standard InChI is InChI=1S/C23H23N3O/c27-23(18-26-16-12-20-8-3-4-10-22(20)26)24-13-5-6-14-25-15-11-19-7-1-2-9-21(19)17-25/h1-4,7-10,12,16H,11,13-15,17-18H2,(H,24,27). The van der Waals surface area contributed by atoms with Gasteiger partial charge in [0, 0.05) is 24.8 Å². The quantitative estimate of drug-likeness (QED) is 0.729. The Morgan fingerprint density at radius 1 is 1.00 bits per heavy atom. The van der Waals surface area contributed by atoms with Gasteiger partial charge in [0.2, 0.25) is 5.91 Å². The minimum atomic E-state index is -0.0162. The van der Waals surface area contributed by atoms with E-state index in [9.17, 15) is 4.79 Å². The molecule has 1 amide bonds. The molecule has 0 spiro atoms. The zero-order valence-electron chi connectivity index (χ0n) is 15.3. The summed E-state index contributed by atoms with van der Waals surface area (Å²) in [7, 11) is 0. The van der Waals surface area contributed by atoms with Crippen LogP contribution in [0.3, 0.4) is 0 Å². The summed E-state index contributed by atoms with van der Waals surface area (Å²) in [4.78, 5) is 14.5. The van der Waals surface area contributed by atoms with Crippen molar-refractivity contribution in [3.05, 3.63) is 71.9 Å². The van der Waals surface area contributed by atoms with Gasteiger partial charge < -0.3 is 9.88 Å². The molecule has 1 aliphatic heterocycles. The minimum absolute atomic E-state index is 0.0162. The van der Waals surface area contributed by atoms with Gasteiger partial charge in [-0.1, -0.05) is 54.3 Å². The summed E-state index contributed by atoms with van der Waals surface area (Å²) in [6.07, 6.45) is 3.03. The Labute approximate surface area is 159 Å². The van der Waals surface area contributed by atoms with Crippen LogP contribution in [-0.2, 0) is 24.3 Å². The Kier molecular flexibility index (Phi) is 5.22. The Morgan fingerprint density at radius 3 is 2.74 bits per heavy atom. The lowest BCUT2D eigenvalue weighted by Gasteiger charge is -2.26. The van der Waals surface area contributed by atoms with E-state index in [1.807, 2.05) is 41.1 Å². The monoisotopic (exact) mass is 357 g/mol. The molecule has 1 N–H and O–H groups in total. The predicted octanol–water partition coefficient (Wildman–Crippen LogP) is 2.82. The van der Waals surface area contributed by atoms with Crippen molar-refractivity contribution < 1.29 is 4.79 Å². The number of rotatable bonds is 4. The van der Waals surface area contributed by atoms with E-state index in [0.29, 0.717) is 13.1 Å². The lowest BCUT2D eigenvalue weighted by atomic mass is 10.0. The van der Waals surface area contributed by atoms with Crippen LogP contribution in [0.2, 0.25) is 0 Å². The van der Waals surface area contributed by atoms with Crippen molar-refractivity contribution in [1.29, 1.82) is 0 Å². The van der Waals surface area contributed by atoms with Crippen molar-refractivity contribution in [3.63, 3.8) is 0 Å². The van der Waals surface area contributed by atoms with E-state index in [0.717, 1.165) is 37.0 Å². The molecule has 0 aliphatic carbocycles. The number of fused-ring (bicyclic) bond motifs is 2. The van der Waals surface area contributed by atoms with Crippen LogP contribution in [0.5, 0.6) is 0 Å². The van der Waals surface area contributed by atoms with Gasteiger partial charge in [0.05, 0.1) is 13.1 Å². The van der Waals surface area contributed by atoms with Crippen molar-refractivity contribution in [1.82, 2.24) is 14.8 Å². The maximum atomic E-state index is 12.1. The van der Waals surface area contributed by atoms with E-state index in [1.54, 1.807) is 0 Å². The minimum Gasteiger partial charge on any atom is -0.344 e. The number of aromatic nitrogens is 1. The molecule has 1 aliphatic rings. The Hall–Kier alpha value is -3.03. The van der Waals surface area contributed by atoms with E-state index in [1.165, 1.54) is 11.1 Å². The first-order chi connectivity index (χ1) is 13.3. The lowest BCUT2D eigenvalue weighted by Crippen LogP contribution is -2.31. The Balaban J connectivity index is 1.23. The number of hydrogen-bond donors (Lipinski definition) is 1. The van der Waals surface area contributed by atoms with E-state index in [-0.39, 0.29) is 5.91 Å². The van der Waals surface area contributed by atoms with E-state index in [4.69, 9.17) is 0 Å². The maximum Gasteiger partial charge on any atom is 0.240 e. The molecule has 0 saturated carbocycles. The zero-order valence-corrected chi connectivity index (χ0v) is 15.3. The first kappa shape index (κ1) is 17.4. The third-order valence-corrected chi connectivity index (χ3v) is 5.01. The molecule has 0 bridgehead atoms. The van der Waals surface area contributed by atoms with Crippen molar-refractivity contribution in [3.8, 4) is 11.8 Å². The highest BCUT2D eigenvalue weighted by Crippen LogP contribution is 2.17. The van der Waals surface area contributed by atoms with Gasteiger partial charge in [-0.25, -0.2) is 0 Å². The van der Waals surface area contributed by atoms with Gasteiger partial charge in [0.15, 0.2) is 0 Å². The molecule has 2 heterocycles. The van der Waals surface area contributed by atoms with E-state index >= 15 is 0 Å². The van der Waals surface area contributed by atoms with Gasteiger partial charge in [0.1, 0.15) is 6.54 Å². The number of benzene rings is 2. The van der Waals surface area contributed by atoms with Crippen LogP contribution >= 0.6 is 0 Å². The lowest BCUT2D eigenvalue weighted by molar-refractivity contribution is -0.121. The van der Waals surface area contributed by atoms with Gasteiger partial charge in [-0.3, -0.25) is 9.69 Å². The highest BCUT2D eigenvalue weighted by molar-refractivity contribution is 5.83.